The number of benzene rings is 2. The first kappa shape index (κ1) is 25.3. The zero-order valence-electron chi connectivity index (χ0n) is 22.0. The van der Waals surface area contributed by atoms with Gasteiger partial charge in [0.25, 0.3) is 0 Å². The SMILES string of the molecule is C/C(=C\C=C(/C)C1=C(c2cccc3[nH]ccc23)CCCc2cc(N)ccc21)O[C@H]1CCN(CCCF)C1. The highest BCUT2D eigenvalue weighted by atomic mass is 19.1. The minimum atomic E-state index is -0.253. The Balaban J connectivity index is 1.49. The Morgan fingerprint density at radius 3 is 2.89 bits per heavy atom. The van der Waals surface area contributed by atoms with Crippen molar-refractivity contribution >= 4 is 27.7 Å². The molecule has 1 aromatic heterocycles. The molecular formula is C32H38FN3O. The number of nitrogens with zero attached hydrogens (tertiary/aromatic N) is 1. The van der Waals surface area contributed by atoms with Gasteiger partial charge in [-0.25, -0.2) is 0 Å². The van der Waals surface area contributed by atoms with E-state index in [9.17, 15) is 4.39 Å². The van der Waals surface area contributed by atoms with E-state index in [1.54, 1.807) is 0 Å². The van der Waals surface area contributed by atoms with E-state index in [0.29, 0.717) is 6.42 Å². The van der Waals surface area contributed by atoms with E-state index in [2.05, 4.69) is 65.4 Å². The number of H-pyrrole nitrogens is 1. The van der Waals surface area contributed by atoms with Crippen LogP contribution in [0.2, 0.25) is 0 Å². The number of hydrogen-bond donors (Lipinski definition) is 2. The summed E-state index contributed by atoms with van der Waals surface area (Å²) in [6.07, 6.45) is 11.2. The van der Waals surface area contributed by atoms with Gasteiger partial charge in [0.15, 0.2) is 0 Å². The minimum absolute atomic E-state index is 0.173. The topological polar surface area (TPSA) is 54.3 Å². The number of anilines is 1. The van der Waals surface area contributed by atoms with Crippen molar-refractivity contribution < 1.29 is 9.13 Å². The summed E-state index contributed by atoms with van der Waals surface area (Å²) in [7, 11) is 0. The van der Waals surface area contributed by atoms with Crippen molar-refractivity contribution in [2.24, 2.45) is 0 Å². The number of ether oxygens (including phenoxy) is 1. The summed E-state index contributed by atoms with van der Waals surface area (Å²) < 4.78 is 18.8. The fourth-order valence-electron chi connectivity index (χ4n) is 5.88. The highest BCUT2D eigenvalue weighted by Crippen LogP contribution is 2.42. The second kappa shape index (κ2) is 11.4. The number of hydrogen-bond acceptors (Lipinski definition) is 3. The molecule has 4 nitrogen and oxygen atoms in total. The Hall–Kier alpha value is -3.31. The Morgan fingerprint density at radius 1 is 1.14 bits per heavy atom. The highest BCUT2D eigenvalue weighted by molar-refractivity contribution is 6.05. The van der Waals surface area contributed by atoms with E-state index >= 15 is 0 Å². The summed E-state index contributed by atoms with van der Waals surface area (Å²) in [5, 5.41) is 1.26. The molecule has 0 unspecified atom stereocenters. The Morgan fingerprint density at radius 2 is 2.03 bits per heavy atom. The van der Waals surface area contributed by atoms with E-state index in [4.69, 9.17) is 10.5 Å². The molecular weight excluding hydrogens is 461 g/mol. The number of allylic oxidation sites excluding steroid dienone is 6. The van der Waals surface area contributed by atoms with Gasteiger partial charge in [0.2, 0.25) is 0 Å². The lowest BCUT2D eigenvalue weighted by atomic mass is 9.87. The first-order chi connectivity index (χ1) is 18.0. The third kappa shape index (κ3) is 5.67. The van der Waals surface area contributed by atoms with Crippen molar-refractivity contribution in [3.8, 4) is 0 Å². The van der Waals surface area contributed by atoms with Gasteiger partial charge in [-0.3, -0.25) is 9.29 Å². The number of likely N-dealkylation sites (tertiary alicyclic amines) is 1. The standard InChI is InChI=1S/C32H38FN3O/c1-22(10-11-23(2)37-26-15-19-36(21-26)18-5-16-33)32-27-13-12-25(34)20-24(27)6-3-8-30(32)28-7-4-9-31-29(28)14-17-35-31/h4,7,9-14,17,20,26,35H,3,5-6,8,15-16,18-19,21,34H2,1-2H3/b22-10+,23-11+/t26-/m0/s1. The average Bonchev–Trinajstić information content (AvgIpc) is 3.51. The first-order valence-corrected chi connectivity index (χ1v) is 13.5. The predicted octanol–water partition coefficient (Wildman–Crippen LogP) is 7.30. The second-order valence-corrected chi connectivity index (χ2v) is 10.4. The maximum Gasteiger partial charge on any atom is 0.112 e. The van der Waals surface area contributed by atoms with Crippen molar-refractivity contribution in [3.05, 3.63) is 88.8 Å². The molecule has 1 atom stereocenters. The van der Waals surface area contributed by atoms with Gasteiger partial charge in [-0.2, -0.15) is 0 Å². The zero-order valence-corrected chi connectivity index (χ0v) is 22.0. The number of alkyl halides is 1. The van der Waals surface area contributed by atoms with Gasteiger partial charge in [0.1, 0.15) is 6.10 Å². The molecule has 0 bridgehead atoms. The first-order valence-electron chi connectivity index (χ1n) is 13.5. The summed E-state index contributed by atoms with van der Waals surface area (Å²) in [4.78, 5) is 5.67. The molecule has 5 heteroatoms. The summed E-state index contributed by atoms with van der Waals surface area (Å²) in [6.45, 7) is 6.65. The van der Waals surface area contributed by atoms with Crippen molar-refractivity contribution in [3.63, 3.8) is 0 Å². The number of aromatic amines is 1. The summed E-state index contributed by atoms with van der Waals surface area (Å²) in [5.41, 5.74) is 15.9. The lowest BCUT2D eigenvalue weighted by molar-refractivity contribution is 0.121. The molecule has 194 valence electrons. The van der Waals surface area contributed by atoms with Crippen LogP contribution in [0.15, 0.2) is 72.1 Å². The van der Waals surface area contributed by atoms with Gasteiger partial charge >= 0.3 is 0 Å². The molecule has 0 radical (unpaired) electrons. The van der Waals surface area contributed by atoms with Crippen molar-refractivity contribution in [2.75, 3.05) is 32.0 Å². The minimum Gasteiger partial charge on any atom is -0.494 e. The Kier molecular flexibility index (Phi) is 7.80. The molecule has 1 aliphatic heterocycles. The van der Waals surface area contributed by atoms with Crippen LogP contribution < -0.4 is 5.73 Å². The number of nitrogens with one attached hydrogen (secondary N) is 1. The average molecular weight is 500 g/mol. The molecule has 1 saturated heterocycles. The second-order valence-electron chi connectivity index (χ2n) is 10.4. The molecule has 5 rings (SSSR count). The monoisotopic (exact) mass is 499 g/mol. The quantitative estimate of drug-likeness (QED) is 0.194. The van der Waals surface area contributed by atoms with Crippen LogP contribution in [0.1, 0.15) is 56.2 Å². The molecule has 0 spiro atoms. The normalized spacial score (nSPS) is 19.4. The number of aromatic nitrogens is 1. The molecule has 1 fully saturated rings. The van der Waals surface area contributed by atoms with Crippen LogP contribution in [0.5, 0.6) is 0 Å². The summed E-state index contributed by atoms with van der Waals surface area (Å²) in [5.74, 6) is 0.915. The van der Waals surface area contributed by atoms with Crippen LogP contribution in [-0.2, 0) is 11.2 Å². The summed E-state index contributed by atoms with van der Waals surface area (Å²) in [6, 6.07) is 15.1. The van der Waals surface area contributed by atoms with Crippen molar-refractivity contribution in [1.29, 1.82) is 0 Å². The van der Waals surface area contributed by atoms with E-state index in [1.165, 1.54) is 38.8 Å². The lowest BCUT2D eigenvalue weighted by Crippen LogP contribution is -2.24. The predicted molar refractivity (Wildman–Crippen MR) is 153 cm³/mol. The van der Waals surface area contributed by atoms with E-state index < -0.39 is 0 Å². The molecule has 3 aromatic rings. The third-order valence-electron chi connectivity index (χ3n) is 7.65. The van der Waals surface area contributed by atoms with Gasteiger partial charge in [-0.15, -0.1) is 0 Å². The maximum absolute atomic E-state index is 12.5. The van der Waals surface area contributed by atoms with E-state index in [0.717, 1.165) is 62.3 Å². The van der Waals surface area contributed by atoms with Gasteiger partial charge in [-0.05, 0) is 110 Å². The van der Waals surface area contributed by atoms with E-state index in [1.807, 2.05) is 19.2 Å². The van der Waals surface area contributed by atoms with Gasteiger partial charge in [0, 0.05) is 42.4 Å². The van der Waals surface area contributed by atoms with Gasteiger partial charge in [0.05, 0.1) is 12.4 Å². The van der Waals surface area contributed by atoms with Crippen LogP contribution in [0.25, 0.3) is 22.0 Å². The third-order valence-corrected chi connectivity index (χ3v) is 7.65. The number of aryl methyl sites for hydroxylation is 1. The fourth-order valence-corrected chi connectivity index (χ4v) is 5.88. The van der Waals surface area contributed by atoms with Crippen LogP contribution in [-0.4, -0.2) is 42.3 Å². The van der Waals surface area contributed by atoms with E-state index in [-0.39, 0.29) is 12.8 Å². The van der Waals surface area contributed by atoms with Gasteiger partial charge < -0.3 is 15.5 Å². The van der Waals surface area contributed by atoms with Crippen molar-refractivity contribution in [1.82, 2.24) is 9.88 Å². The Bertz CT molecular complexity index is 1350. The van der Waals surface area contributed by atoms with Gasteiger partial charge in [-0.1, -0.05) is 24.3 Å². The molecule has 3 N–H and O–H groups in total. The lowest BCUT2D eigenvalue weighted by Gasteiger charge is -2.18. The molecule has 0 amide bonds. The number of nitrogen functional groups attached to an aromatic ring is 1. The number of fused-ring (bicyclic) bond motifs is 2. The van der Waals surface area contributed by atoms with Crippen LogP contribution in [0.3, 0.4) is 0 Å². The van der Waals surface area contributed by atoms with Crippen LogP contribution in [0.4, 0.5) is 10.1 Å². The maximum atomic E-state index is 12.5. The molecule has 2 heterocycles. The molecule has 37 heavy (non-hydrogen) atoms. The molecule has 1 aliphatic carbocycles. The summed E-state index contributed by atoms with van der Waals surface area (Å²) >= 11 is 0. The Labute approximate surface area is 219 Å². The van der Waals surface area contributed by atoms with Crippen LogP contribution in [0, 0.1) is 0 Å². The largest absolute Gasteiger partial charge is 0.494 e. The molecule has 2 aromatic carbocycles. The smallest absolute Gasteiger partial charge is 0.112 e. The fraction of sp³-hybridized carbons (Fsp3) is 0.375. The van der Waals surface area contributed by atoms with Crippen LogP contribution >= 0.6 is 0 Å². The number of rotatable bonds is 8. The number of nitrogens with two attached hydrogens (primary N) is 1. The molecule has 2 aliphatic rings. The number of halogens is 1. The van der Waals surface area contributed by atoms with Crippen molar-refractivity contribution in [2.45, 2.75) is 52.1 Å². The zero-order chi connectivity index (χ0) is 25.8. The highest BCUT2D eigenvalue weighted by Gasteiger charge is 2.24. The molecule has 0 saturated carbocycles.